The average molecular weight is 300 g/mol. The third-order valence-electron chi connectivity index (χ3n) is 3.71. The first-order valence-electron chi connectivity index (χ1n) is 7.56. The number of ether oxygens (including phenoxy) is 2. The van der Waals surface area contributed by atoms with E-state index in [1.807, 2.05) is 20.8 Å². The lowest BCUT2D eigenvalue weighted by molar-refractivity contribution is -0.158. The second-order valence-electron chi connectivity index (χ2n) is 6.50. The molecule has 0 radical (unpaired) electrons. The number of carbonyl (C=O) groups excluding carboxylic acids is 2. The van der Waals surface area contributed by atoms with E-state index < -0.39 is 17.2 Å². The molecule has 1 aliphatic heterocycles. The van der Waals surface area contributed by atoms with Gasteiger partial charge in [-0.1, -0.05) is 0 Å². The van der Waals surface area contributed by atoms with Gasteiger partial charge in [-0.25, -0.2) is 9.59 Å². The summed E-state index contributed by atoms with van der Waals surface area (Å²) in [4.78, 5) is 26.4. The van der Waals surface area contributed by atoms with Crippen LogP contribution in [0.5, 0.6) is 0 Å². The van der Waals surface area contributed by atoms with Gasteiger partial charge in [-0.3, -0.25) is 4.90 Å². The van der Waals surface area contributed by atoms with Crippen molar-refractivity contribution in [2.45, 2.75) is 64.0 Å². The predicted octanol–water partition coefficient (Wildman–Crippen LogP) is 2.06. The molecule has 0 bridgehead atoms. The zero-order chi connectivity index (χ0) is 16.1. The van der Waals surface area contributed by atoms with Crippen LogP contribution in [-0.4, -0.2) is 48.3 Å². The van der Waals surface area contributed by atoms with Crippen LogP contribution in [-0.2, 0) is 14.3 Å². The van der Waals surface area contributed by atoms with Crippen molar-refractivity contribution >= 4 is 12.1 Å². The summed E-state index contributed by atoms with van der Waals surface area (Å²) in [7, 11) is 1.36. The van der Waals surface area contributed by atoms with Crippen LogP contribution < -0.4 is 5.73 Å². The van der Waals surface area contributed by atoms with E-state index in [-0.39, 0.29) is 5.97 Å². The molecule has 6 heteroatoms. The van der Waals surface area contributed by atoms with Gasteiger partial charge in [0.25, 0.3) is 0 Å². The molecule has 1 amide bonds. The predicted molar refractivity (Wildman–Crippen MR) is 79.8 cm³/mol. The molecule has 0 aromatic carbocycles. The molecular weight excluding hydrogens is 272 g/mol. The van der Waals surface area contributed by atoms with Crippen molar-refractivity contribution in [3.8, 4) is 0 Å². The third-order valence-corrected chi connectivity index (χ3v) is 3.71. The zero-order valence-electron chi connectivity index (χ0n) is 13.6. The van der Waals surface area contributed by atoms with Gasteiger partial charge in [0.05, 0.1) is 7.11 Å². The minimum atomic E-state index is -0.936. The summed E-state index contributed by atoms with van der Waals surface area (Å²) in [6.07, 6.45) is 3.06. The summed E-state index contributed by atoms with van der Waals surface area (Å²) in [5, 5.41) is 0. The maximum absolute atomic E-state index is 12.5. The number of methoxy groups -OCH3 is 1. The van der Waals surface area contributed by atoms with Crippen molar-refractivity contribution in [1.29, 1.82) is 0 Å². The number of hydrogen-bond donors (Lipinski definition) is 1. The van der Waals surface area contributed by atoms with Gasteiger partial charge in [0.2, 0.25) is 0 Å². The molecule has 1 rings (SSSR count). The van der Waals surface area contributed by atoms with Crippen molar-refractivity contribution in [3.63, 3.8) is 0 Å². The molecule has 1 heterocycles. The van der Waals surface area contributed by atoms with Gasteiger partial charge in [0.15, 0.2) is 0 Å². The number of likely N-dealkylation sites (tertiary alicyclic amines) is 1. The number of carbonyl (C=O) groups is 2. The number of hydrogen-bond acceptors (Lipinski definition) is 5. The Balaban J connectivity index is 3.04. The fraction of sp³-hybridized carbons (Fsp3) is 0.867. The highest BCUT2D eigenvalue weighted by molar-refractivity contribution is 5.86. The minimum absolute atomic E-state index is 0.374. The van der Waals surface area contributed by atoms with Crippen LogP contribution >= 0.6 is 0 Å². The lowest BCUT2D eigenvalue weighted by atomic mass is 9.82. The highest BCUT2D eigenvalue weighted by Gasteiger charge is 2.49. The van der Waals surface area contributed by atoms with E-state index in [0.717, 1.165) is 12.8 Å². The van der Waals surface area contributed by atoms with E-state index in [0.29, 0.717) is 32.4 Å². The molecule has 1 atom stereocenters. The first-order valence-corrected chi connectivity index (χ1v) is 7.56. The molecule has 0 spiro atoms. The summed E-state index contributed by atoms with van der Waals surface area (Å²) in [5.41, 5.74) is 4.05. The molecule has 6 nitrogen and oxygen atoms in total. The molecular formula is C15H28N2O4. The Morgan fingerprint density at radius 2 is 1.95 bits per heavy atom. The number of amides is 1. The molecule has 0 saturated carbocycles. The van der Waals surface area contributed by atoms with E-state index in [1.165, 1.54) is 7.11 Å². The Bertz CT molecular complexity index is 378. The molecule has 21 heavy (non-hydrogen) atoms. The van der Waals surface area contributed by atoms with Gasteiger partial charge < -0.3 is 15.2 Å². The highest BCUT2D eigenvalue weighted by Crippen LogP contribution is 2.34. The summed E-state index contributed by atoms with van der Waals surface area (Å²) < 4.78 is 10.4. The lowest BCUT2D eigenvalue weighted by Crippen LogP contribution is -2.60. The number of piperidine rings is 1. The molecule has 1 fully saturated rings. The van der Waals surface area contributed by atoms with Gasteiger partial charge in [0.1, 0.15) is 11.1 Å². The second-order valence-corrected chi connectivity index (χ2v) is 6.50. The second kappa shape index (κ2) is 7.11. The molecule has 122 valence electrons. The van der Waals surface area contributed by atoms with Crippen LogP contribution in [0.4, 0.5) is 4.79 Å². The van der Waals surface area contributed by atoms with Crippen molar-refractivity contribution in [2.24, 2.45) is 5.73 Å². The Morgan fingerprint density at radius 1 is 1.29 bits per heavy atom. The Hall–Kier alpha value is -1.30. The summed E-state index contributed by atoms with van der Waals surface area (Å²) >= 11 is 0. The molecule has 0 aromatic rings. The number of rotatable bonds is 4. The largest absolute Gasteiger partial charge is 0.467 e. The number of nitrogens with zero attached hydrogens (tertiary/aromatic N) is 1. The smallest absolute Gasteiger partial charge is 0.411 e. The van der Waals surface area contributed by atoms with Crippen molar-refractivity contribution in [2.75, 3.05) is 20.2 Å². The van der Waals surface area contributed by atoms with Crippen LogP contribution in [0.25, 0.3) is 0 Å². The van der Waals surface area contributed by atoms with Crippen molar-refractivity contribution in [1.82, 2.24) is 4.90 Å². The zero-order valence-corrected chi connectivity index (χ0v) is 13.6. The number of esters is 1. The van der Waals surface area contributed by atoms with E-state index in [2.05, 4.69) is 0 Å². The fourth-order valence-corrected chi connectivity index (χ4v) is 2.78. The first kappa shape index (κ1) is 17.8. The van der Waals surface area contributed by atoms with Crippen LogP contribution in [0, 0.1) is 0 Å². The lowest BCUT2D eigenvalue weighted by Gasteiger charge is -2.45. The van der Waals surface area contributed by atoms with Crippen molar-refractivity contribution in [3.05, 3.63) is 0 Å². The van der Waals surface area contributed by atoms with Crippen LogP contribution in [0.1, 0.15) is 52.9 Å². The maximum Gasteiger partial charge on any atom is 0.411 e. The van der Waals surface area contributed by atoms with Crippen LogP contribution in [0.15, 0.2) is 0 Å². The SMILES string of the molecule is COC(=O)C1(CCCN)CCCCN1C(=O)OC(C)(C)C. The third kappa shape index (κ3) is 4.33. The summed E-state index contributed by atoms with van der Waals surface area (Å²) in [5.74, 6) is -0.374. The van der Waals surface area contributed by atoms with Gasteiger partial charge in [-0.05, 0) is 59.4 Å². The number of nitrogens with two attached hydrogens (primary N) is 1. The average Bonchev–Trinajstić information content (AvgIpc) is 2.42. The highest BCUT2D eigenvalue weighted by atomic mass is 16.6. The monoisotopic (exact) mass is 300 g/mol. The maximum atomic E-state index is 12.5. The van der Waals surface area contributed by atoms with Crippen molar-refractivity contribution < 1.29 is 19.1 Å². The van der Waals surface area contributed by atoms with Gasteiger partial charge >= 0.3 is 12.1 Å². The fourth-order valence-electron chi connectivity index (χ4n) is 2.78. The van der Waals surface area contributed by atoms with Crippen LogP contribution in [0.2, 0.25) is 0 Å². The quantitative estimate of drug-likeness (QED) is 0.804. The Morgan fingerprint density at radius 3 is 2.48 bits per heavy atom. The normalized spacial score (nSPS) is 22.8. The minimum Gasteiger partial charge on any atom is -0.467 e. The van der Waals surface area contributed by atoms with Gasteiger partial charge in [-0.2, -0.15) is 0 Å². The topological polar surface area (TPSA) is 81.9 Å². The molecule has 2 N–H and O–H groups in total. The Kier molecular flexibility index (Phi) is 6.01. The molecule has 0 aliphatic carbocycles. The molecule has 1 unspecified atom stereocenters. The van der Waals surface area contributed by atoms with E-state index >= 15 is 0 Å². The Labute approximate surface area is 126 Å². The summed E-state index contributed by atoms with van der Waals surface area (Å²) in [6.45, 7) is 6.42. The molecule has 0 aromatic heterocycles. The molecule has 1 saturated heterocycles. The first-order chi connectivity index (χ1) is 9.77. The molecule has 1 aliphatic rings. The standard InChI is InChI=1S/C15H28N2O4/c1-14(2,3)21-13(19)17-11-6-5-8-15(17,9-7-10-16)12(18)20-4/h5-11,16H2,1-4H3. The van der Waals surface area contributed by atoms with Crippen LogP contribution in [0.3, 0.4) is 0 Å². The van der Waals surface area contributed by atoms with E-state index in [4.69, 9.17) is 15.2 Å². The summed E-state index contributed by atoms with van der Waals surface area (Å²) in [6, 6.07) is 0. The van der Waals surface area contributed by atoms with E-state index in [9.17, 15) is 9.59 Å². The van der Waals surface area contributed by atoms with Gasteiger partial charge in [0, 0.05) is 6.54 Å². The van der Waals surface area contributed by atoms with Gasteiger partial charge in [-0.15, -0.1) is 0 Å². The van der Waals surface area contributed by atoms with E-state index in [1.54, 1.807) is 4.90 Å².